The summed E-state index contributed by atoms with van der Waals surface area (Å²) in [6.45, 7) is 1.83. The van der Waals surface area contributed by atoms with Gasteiger partial charge >= 0.3 is 6.03 Å². The van der Waals surface area contributed by atoms with Crippen LogP contribution in [0.2, 0.25) is 0 Å². The number of imide groups is 1. The first-order chi connectivity index (χ1) is 13.8. The summed E-state index contributed by atoms with van der Waals surface area (Å²) in [4.78, 5) is 36.6. The smallest absolute Gasteiger partial charge is 0.319 e. The third-order valence-electron chi connectivity index (χ3n) is 4.34. The topological polar surface area (TPSA) is 78.5 Å². The van der Waals surface area contributed by atoms with Gasteiger partial charge in [-0.05, 0) is 43.2 Å². The van der Waals surface area contributed by atoms with E-state index in [-0.39, 0.29) is 35.4 Å². The highest BCUT2D eigenvalue weighted by molar-refractivity contribution is 8.14. The van der Waals surface area contributed by atoms with Crippen molar-refractivity contribution >= 4 is 34.6 Å². The standard InChI is InChI=1S/C20H19F2N3O3S/c1-12(9-15-16(21)3-2-4-17(15)22)23-19(27)24-14-7-5-13(6-8-14)10-25-18(26)11-29-20(25)28/h2-8,12H,9-11H2,1H3,(H2,23,24,27). The summed E-state index contributed by atoms with van der Waals surface area (Å²) in [6, 6.07) is 9.34. The van der Waals surface area contributed by atoms with Crippen LogP contribution in [0.3, 0.4) is 0 Å². The lowest BCUT2D eigenvalue weighted by molar-refractivity contribution is -0.125. The Kier molecular flexibility index (Phi) is 6.48. The number of amides is 4. The summed E-state index contributed by atoms with van der Waals surface area (Å²) in [5.41, 5.74) is 1.18. The first kappa shape index (κ1) is 20.8. The second kappa shape index (κ2) is 9.04. The summed E-state index contributed by atoms with van der Waals surface area (Å²) in [5.74, 6) is -1.36. The molecule has 2 aromatic rings. The summed E-state index contributed by atoms with van der Waals surface area (Å²) < 4.78 is 27.4. The van der Waals surface area contributed by atoms with Crippen LogP contribution < -0.4 is 10.6 Å². The predicted octanol–water partition coefficient (Wildman–Crippen LogP) is 3.91. The van der Waals surface area contributed by atoms with Gasteiger partial charge in [-0.2, -0.15) is 0 Å². The van der Waals surface area contributed by atoms with Crippen molar-refractivity contribution in [1.29, 1.82) is 0 Å². The minimum Gasteiger partial charge on any atom is -0.335 e. The molecule has 0 aliphatic carbocycles. The number of hydrogen-bond donors (Lipinski definition) is 2. The van der Waals surface area contributed by atoms with Gasteiger partial charge in [0, 0.05) is 17.3 Å². The zero-order valence-electron chi connectivity index (χ0n) is 15.6. The molecule has 1 aliphatic rings. The Labute approximate surface area is 170 Å². The fourth-order valence-electron chi connectivity index (χ4n) is 2.89. The first-order valence-electron chi connectivity index (χ1n) is 8.90. The molecule has 1 aliphatic heterocycles. The maximum absolute atomic E-state index is 13.7. The van der Waals surface area contributed by atoms with Gasteiger partial charge in [-0.1, -0.05) is 30.0 Å². The average Bonchev–Trinajstić information content (AvgIpc) is 2.98. The van der Waals surface area contributed by atoms with Gasteiger partial charge < -0.3 is 10.6 Å². The SMILES string of the molecule is CC(Cc1c(F)cccc1F)NC(=O)Nc1ccc(CN2C(=O)CSC2=O)cc1. The van der Waals surface area contributed by atoms with E-state index in [0.29, 0.717) is 5.69 Å². The van der Waals surface area contributed by atoms with Crippen molar-refractivity contribution in [2.75, 3.05) is 11.1 Å². The Balaban J connectivity index is 1.52. The molecule has 1 heterocycles. The molecule has 152 valence electrons. The Hall–Kier alpha value is -2.94. The number of anilines is 1. The highest BCUT2D eigenvalue weighted by Crippen LogP contribution is 2.22. The van der Waals surface area contributed by atoms with E-state index < -0.39 is 23.7 Å². The molecule has 2 aromatic carbocycles. The number of nitrogens with one attached hydrogen (secondary N) is 2. The van der Waals surface area contributed by atoms with Gasteiger partial charge in [-0.3, -0.25) is 14.5 Å². The molecular weight excluding hydrogens is 400 g/mol. The van der Waals surface area contributed by atoms with Crippen molar-refractivity contribution in [3.8, 4) is 0 Å². The van der Waals surface area contributed by atoms with E-state index in [9.17, 15) is 23.2 Å². The Morgan fingerprint density at radius 3 is 2.38 bits per heavy atom. The summed E-state index contributed by atoms with van der Waals surface area (Å²) in [6.07, 6.45) is 0.0147. The minimum absolute atomic E-state index is 0.0147. The van der Waals surface area contributed by atoms with E-state index in [4.69, 9.17) is 0 Å². The summed E-state index contributed by atoms with van der Waals surface area (Å²) in [7, 11) is 0. The van der Waals surface area contributed by atoms with Crippen molar-refractivity contribution < 1.29 is 23.2 Å². The largest absolute Gasteiger partial charge is 0.335 e. The maximum Gasteiger partial charge on any atom is 0.319 e. The number of benzene rings is 2. The quantitative estimate of drug-likeness (QED) is 0.744. The van der Waals surface area contributed by atoms with Crippen molar-refractivity contribution in [1.82, 2.24) is 10.2 Å². The Morgan fingerprint density at radius 2 is 1.79 bits per heavy atom. The Bertz CT molecular complexity index is 901. The van der Waals surface area contributed by atoms with Crippen LogP contribution in [0.5, 0.6) is 0 Å². The van der Waals surface area contributed by atoms with E-state index in [1.807, 2.05) is 0 Å². The molecule has 0 spiro atoms. The van der Waals surface area contributed by atoms with Crippen LogP contribution in [-0.2, 0) is 17.8 Å². The number of nitrogens with zero attached hydrogens (tertiary/aromatic N) is 1. The van der Waals surface area contributed by atoms with Crippen LogP contribution in [0.15, 0.2) is 42.5 Å². The molecular formula is C20H19F2N3O3S. The molecule has 0 bridgehead atoms. The number of urea groups is 1. The third kappa shape index (κ3) is 5.32. The normalized spacial score (nSPS) is 14.8. The highest BCUT2D eigenvalue weighted by atomic mass is 32.2. The van der Waals surface area contributed by atoms with Crippen LogP contribution >= 0.6 is 11.8 Å². The van der Waals surface area contributed by atoms with Crippen molar-refractivity contribution in [3.05, 3.63) is 65.2 Å². The molecule has 1 atom stereocenters. The van der Waals surface area contributed by atoms with Crippen LogP contribution in [0.25, 0.3) is 0 Å². The molecule has 2 N–H and O–H groups in total. The molecule has 29 heavy (non-hydrogen) atoms. The number of hydrogen-bond acceptors (Lipinski definition) is 4. The number of carbonyl (C=O) groups is 3. The number of halogens is 2. The van der Waals surface area contributed by atoms with Gasteiger partial charge in [0.2, 0.25) is 5.91 Å². The van der Waals surface area contributed by atoms with Gasteiger partial charge in [0.05, 0.1) is 12.3 Å². The van der Waals surface area contributed by atoms with E-state index >= 15 is 0 Å². The van der Waals surface area contributed by atoms with Gasteiger partial charge in [0.25, 0.3) is 5.24 Å². The third-order valence-corrected chi connectivity index (χ3v) is 5.20. The molecule has 1 unspecified atom stereocenters. The van der Waals surface area contributed by atoms with Crippen molar-refractivity contribution in [2.24, 2.45) is 0 Å². The van der Waals surface area contributed by atoms with E-state index in [1.165, 1.54) is 23.1 Å². The number of carbonyl (C=O) groups excluding carboxylic acids is 3. The lowest BCUT2D eigenvalue weighted by Gasteiger charge is -2.16. The lowest BCUT2D eigenvalue weighted by atomic mass is 10.1. The van der Waals surface area contributed by atoms with Gasteiger partial charge in [0.15, 0.2) is 0 Å². The monoisotopic (exact) mass is 419 g/mol. The van der Waals surface area contributed by atoms with Crippen molar-refractivity contribution in [2.45, 2.75) is 25.9 Å². The zero-order valence-corrected chi connectivity index (χ0v) is 16.4. The second-order valence-electron chi connectivity index (χ2n) is 6.64. The van der Waals surface area contributed by atoms with Gasteiger partial charge in [-0.25, -0.2) is 13.6 Å². The molecule has 6 nitrogen and oxygen atoms in total. The molecule has 0 radical (unpaired) electrons. The average molecular weight is 419 g/mol. The first-order valence-corrected chi connectivity index (χ1v) is 9.88. The fraction of sp³-hybridized carbons (Fsp3) is 0.250. The van der Waals surface area contributed by atoms with Gasteiger partial charge in [-0.15, -0.1) is 0 Å². The summed E-state index contributed by atoms with van der Waals surface area (Å²) in [5, 5.41) is 5.00. The highest BCUT2D eigenvalue weighted by Gasteiger charge is 2.29. The summed E-state index contributed by atoms with van der Waals surface area (Å²) >= 11 is 0.977. The molecule has 3 rings (SSSR count). The predicted molar refractivity (Wildman–Crippen MR) is 107 cm³/mol. The Morgan fingerprint density at radius 1 is 1.14 bits per heavy atom. The zero-order chi connectivity index (χ0) is 21.0. The molecule has 0 saturated carbocycles. The molecule has 1 saturated heterocycles. The maximum atomic E-state index is 13.7. The van der Waals surface area contributed by atoms with Crippen LogP contribution in [0, 0.1) is 11.6 Å². The van der Waals surface area contributed by atoms with Crippen LogP contribution in [0.4, 0.5) is 24.1 Å². The number of thioether (sulfide) groups is 1. The minimum atomic E-state index is -0.650. The van der Waals surface area contributed by atoms with Crippen LogP contribution in [0.1, 0.15) is 18.1 Å². The van der Waals surface area contributed by atoms with E-state index in [0.717, 1.165) is 17.3 Å². The van der Waals surface area contributed by atoms with Crippen LogP contribution in [-0.4, -0.2) is 33.9 Å². The second-order valence-corrected chi connectivity index (χ2v) is 7.56. The van der Waals surface area contributed by atoms with E-state index in [1.54, 1.807) is 31.2 Å². The molecule has 4 amide bonds. The molecule has 9 heteroatoms. The lowest BCUT2D eigenvalue weighted by Crippen LogP contribution is -2.37. The molecule has 1 fully saturated rings. The van der Waals surface area contributed by atoms with E-state index in [2.05, 4.69) is 10.6 Å². The number of rotatable bonds is 6. The van der Waals surface area contributed by atoms with Gasteiger partial charge in [0.1, 0.15) is 11.6 Å². The van der Waals surface area contributed by atoms with Crippen molar-refractivity contribution in [3.63, 3.8) is 0 Å². The fourth-order valence-corrected chi connectivity index (χ4v) is 3.61. The molecule has 0 aromatic heterocycles.